The molecule has 0 unspecified atom stereocenters. The normalized spacial score (nSPS) is 20.5. The molecule has 2 aliphatic rings. The average molecular weight is 443 g/mol. The van der Waals surface area contributed by atoms with Crippen LogP contribution in [0, 0.1) is 5.41 Å². The van der Waals surface area contributed by atoms with Gasteiger partial charge in [-0.15, -0.1) is 0 Å². The Bertz CT molecular complexity index is 916. The fraction of sp³-hybridized carbons (Fsp3) is 0.500. The molecule has 0 saturated carbocycles. The van der Waals surface area contributed by atoms with Crippen LogP contribution in [0.5, 0.6) is 0 Å². The van der Waals surface area contributed by atoms with Gasteiger partial charge in [0.2, 0.25) is 0 Å². The van der Waals surface area contributed by atoms with Gasteiger partial charge in [-0.2, -0.15) is 0 Å². The lowest BCUT2D eigenvalue weighted by Gasteiger charge is -2.43. The van der Waals surface area contributed by atoms with Crippen molar-refractivity contribution in [2.24, 2.45) is 5.41 Å². The minimum atomic E-state index is -0.470. The largest absolute Gasteiger partial charge is 0.444 e. The molecule has 0 bridgehead atoms. The molecule has 1 aromatic carbocycles. The van der Waals surface area contributed by atoms with Crippen LogP contribution in [-0.2, 0) is 4.74 Å². The van der Waals surface area contributed by atoms with Crippen molar-refractivity contribution in [1.29, 1.82) is 0 Å². The second-order valence-corrected chi connectivity index (χ2v) is 10.1. The Balaban J connectivity index is 1.82. The van der Waals surface area contributed by atoms with Gasteiger partial charge in [0, 0.05) is 40.5 Å². The zero-order chi connectivity index (χ0) is 22.8. The maximum absolute atomic E-state index is 12.5. The van der Waals surface area contributed by atoms with Gasteiger partial charge in [-0.05, 0) is 83.6 Å². The van der Waals surface area contributed by atoms with Crippen molar-refractivity contribution in [3.05, 3.63) is 58.3 Å². The number of likely N-dealkylation sites (tertiary alicyclic amines) is 1. The Hall–Kier alpha value is -2.20. The molecule has 0 radical (unpaired) electrons. The van der Waals surface area contributed by atoms with E-state index in [2.05, 4.69) is 37.9 Å². The molecule has 31 heavy (non-hydrogen) atoms. The van der Waals surface area contributed by atoms with Gasteiger partial charge in [0.25, 0.3) is 0 Å². The number of hydrogen-bond acceptors (Lipinski definition) is 3. The Morgan fingerprint density at radius 2 is 1.94 bits per heavy atom. The number of piperidine rings is 1. The molecule has 1 amide bonds. The summed E-state index contributed by atoms with van der Waals surface area (Å²) in [5.74, 6) is 0. The van der Waals surface area contributed by atoms with Gasteiger partial charge in [-0.25, -0.2) is 4.79 Å². The molecular formula is C26H35ClN2O2. The Kier molecular flexibility index (Phi) is 6.90. The van der Waals surface area contributed by atoms with Gasteiger partial charge in [-0.3, -0.25) is 0 Å². The number of ether oxygens (including phenoxy) is 1. The zero-order valence-corrected chi connectivity index (χ0v) is 20.2. The SMILES string of the molecule is C=Cc1cc(Cl)ccc1C1=C(C)CCC2(CCN(C(=O)OC(C)(C)C)CC2)C(=CC)N1. The van der Waals surface area contributed by atoms with E-state index in [1.165, 1.54) is 11.3 Å². The third-order valence-corrected chi connectivity index (χ3v) is 6.64. The quantitative estimate of drug-likeness (QED) is 0.535. The molecule has 168 valence electrons. The van der Waals surface area contributed by atoms with Crippen LogP contribution in [0.15, 0.2) is 42.1 Å². The number of rotatable bonds is 2. The van der Waals surface area contributed by atoms with Gasteiger partial charge >= 0.3 is 6.09 Å². The van der Waals surface area contributed by atoms with Crippen molar-refractivity contribution < 1.29 is 9.53 Å². The Morgan fingerprint density at radius 3 is 2.52 bits per heavy atom. The van der Waals surface area contributed by atoms with Crippen molar-refractivity contribution in [3.8, 4) is 0 Å². The van der Waals surface area contributed by atoms with E-state index < -0.39 is 5.60 Å². The van der Waals surface area contributed by atoms with Crippen molar-refractivity contribution in [2.75, 3.05) is 13.1 Å². The van der Waals surface area contributed by atoms with Crippen LogP contribution < -0.4 is 5.32 Å². The van der Waals surface area contributed by atoms with E-state index in [-0.39, 0.29) is 11.5 Å². The first-order valence-electron chi connectivity index (χ1n) is 11.1. The number of amides is 1. The summed E-state index contributed by atoms with van der Waals surface area (Å²) in [5, 5.41) is 4.49. The second-order valence-electron chi connectivity index (χ2n) is 9.67. The summed E-state index contributed by atoms with van der Waals surface area (Å²) in [7, 11) is 0. The van der Waals surface area contributed by atoms with Crippen molar-refractivity contribution >= 4 is 29.5 Å². The third-order valence-electron chi connectivity index (χ3n) is 6.40. The van der Waals surface area contributed by atoms with Crippen molar-refractivity contribution in [1.82, 2.24) is 10.2 Å². The van der Waals surface area contributed by atoms with E-state index in [0.717, 1.165) is 42.5 Å². The molecule has 0 aliphatic carbocycles. The minimum Gasteiger partial charge on any atom is -0.444 e. The molecule has 1 N–H and O–H groups in total. The number of halogens is 1. The lowest BCUT2D eigenvalue weighted by Crippen LogP contribution is -2.47. The average Bonchev–Trinajstić information content (AvgIpc) is 2.84. The molecule has 2 aliphatic heterocycles. The van der Waals surface area contributed by atoms with Gasteiger partial charge in [-0.1, -0.05) is 36.4 Å². The maximum atomic E-state index is 12.5. The van der Waals surface area contributed by atoms with E-state index in [0.29, 0.717) is 18.1 Å². The lowest BCUT2D eigenvalue weighted by molar-refractivity contribution is 0.0125. The standard InChI is InChI=1S/C26H35ClN2O2/c1-7-19-17-20(27)9-10-21(19)23-18(3)11-12-26(22(8-2)28-23)13-15-29(16-14-26)24(30)31-25(4,5)6/h7-10,17,28H,1,11-16H2,2-6H3. The minimum absolute atomic E-state index is 0.0387. The number of carbonyl (C=O) groups is 1. The predicted molar refractivity (Wildman–Crippen MR) is 130 cm³/mol. The molecule has 1 saturated heterocycles. The molecule has 3 rings (SSSR count). The highest BCUT2D eigenvalue weighted by Crippen LogP contribution is 2.46. The highest BCUT2D eigenvalue weighted by molar-refractivity contribution is 6.30. The summed E-state index contributed by atoms with van der Waals surface area (Å²) >= 11 is 6.22. The first kappa shape index (κ1) is 23.5. The molecule has 4 nitrogen and oxygen atoms in total. The van der Waals surface area contributed by atoms with Crippen LogP contribution >= 0.6 is 11.6 Å². The number of carbonyl (C=O) groups excluding carboxylic acids is 1. The van der Waals surface area contributed by atoms with Crippen LogP contribution in [0.2, 0.25) is 5.02 Å². The van der Waals surface area contributed by atoms with Crippen LogP contribution in [0.25, 0.3) is 11.8 Å². The van der Waals surface area contributed by atoms with E-state index in [1.807, 2.05) is 43.9 Å². The Labute approximate surface area is 192 Å². The molecular weight excluding hydrogens is 408 g/mol. The lowest BCUT2D eigenvalue weighted by atomic mass is 9.72. The van der Waals surface area contributed by atoms with E-state index in [1.54, 1.807) is 0 Å². The summed E-state index contributed by atoms with van der Waals surface area (Å²) < 4.78 is 5.59. The monoisotopic (exact) mass is 442 g/mol. The second kappa shape index (κ2) is 9.12. The summed E-state index contributed by atoms with van der Waals surface area (Å²) in [5.41, 5.74) is 5.44. The van der Waals surface area contributed by atoms with Gasteiger partial charge in [0.05, 0.1) is 0 Å². The molecule has 1 fully saturated rings. The number of allylic oxidation sites excluding steroid dienone is 3. The zero-order valence-electron chi connectivity index (χ0n) is 19.5. The number of nitrogens with zero attached hydrogens (tertiary/aromatic N) is 1. The smallest absolute Gasteiger partial charge is 0.410 e. The fourth-order valence-electron chi connectivity index (χ4n) is 4.63. The summed E-state index contributed by atoms with van der Waals surface area (Å²) in [6.07, 6.45) is 7.77. The number of benzene rings is 1. The molecule has 1 aromatic rings. The maximum Gasteiger partial charge on any atom is 0.410 e. The van der Waals surface area contributed by atoms with Gasteiger partial charge in [0.1, 0.15) is 5.60 Å². The topological polar surface area (TPSA) is 41.6 Å². The highest BCUT2D eigenvalue weighted by Gasteiger charge is 2.41. The summed E-state index contributed by atoms with van der Waals surface area (Å²) in [4.78, 5) is 14.4. The first-order valence-corrected chi connectivity index (χ1v) is 11.5. The third kappa shape index (κ3) is 5.17. The summed E-state index contributed by atoms with van der Waals surface area (Å²) in [6, 6.07) is 5.96. The Morgan fingerprint density at radius 1 is 1.26 bits per heavy atom. The van der Waals surface area contributed by atoms with Crippen LogP contribution in [-0.4, -0.2) is 29.7 Å². The van der Waals surface area contributed by atoms with Crippen LogP contribution in [0.4, 0.5) is 4.79 Å². The highest BCUT2D eigenvalue weighted by atomic mass is 35.5. The first-order chi connectivity index (χ1) is 14.6. The number of nitrogens with one attached hydrogen (secondary N) is 1. The summed E-state index contributed by atoms with van der Waals surface area (Å²) in [6.45, 7) is 15.4. The van der Waals surface area contributed by atoms with Crippen molar-refractivity contribution in [3.63, 3.8) is 0 Å². The van der Waals surface area contributed by atoms with Crippen LogP contribution in [0.1, 0.15) is 71.4 Å². The molecule has 0 atom stereocenters. The van der Waals surface area contributed by atoms with E-state index in [4.69, 9.17) is 16.3 Å². The van der Waals surface area contributed by atoms with E-state index in [9.17, 15) is 4.79 Å². The van der Waals surface area contributed by atoms with E-state index >= 15 is 0 Å². The molecule has 2 heterocycles. The fourth-order valence-corrected chi connectivity index (χ4v) is 4.81. The predicted octanol–water partition coefficient (Wildman–Crippen LogP) is 7.02. The van der Waals surface area contributed by atoms with Gasteiger partial charge in [0.15, 0.2) is 0 Å². The van der Waals surface area contributed by atoms with Crippen LogP contribution in [0.3, 0.4) is 0 Å². The molecule has 5 heteroatoms. The molecule has 1 spiro atoms. The molecule has 0 aromatic heterocycles. The van der Waals surface area contributed by atoms with Gasteiger partial charge < -0.3 is 15.0 Å². The van der Waals surface area contributed by atoms with Crippen molar-refractivity contribution in [2.45, 2.75) is 65.9 Å². The number of hydrogen-bond donors (Lipinski definition) is 1.